The van der Waals surface area contributed by atoms with Gasteiger partial charge in [-0.1, -0.05) is 72.3 Å². The minimum Gasteiger partial charge on any atom is -0.345 e. The lowest BCUT2D eigenvalue weighted by Gasteiger charge is -2.19. The summed E-state index contributed by atoms with van der Waals surface area (Å²) in [6, 6.07) is 24.5. The van der Waals surface area contributed by atoms with Gasteiger partial charge in [-0.2, -0.15) is 0 Å². The van der Waals surface area contributed by atoms with Gasteiger partial charge in [-0.3, -0.25) is 19.1 Å². The Morgan fingerprint density at radius 2 is 1.51 bits per heavy atom. The number of nitrogens with zero attached hydrogens (tertiary/aromatic N) is 2. The van der Waals surface area contributed by atoms with Crippen molar-refractivity contribution in [1.29, 1.82) is 0 Å². The highest BCUT2D eigenvalue weighted by molar-refractivity contribution is 6.33. The molecule has 4 rings (SSSR count). The van der Waals surface area contributed by atoms with Crippen molar-refractivity contribution in [1.82, 2.24) is 14.7 Å². The molecule has 1 heterocycles. The number of anilines is 1. The molecule has 0 fully saturated rings. The first-order valence-corrected chi connectivity index (χ1v) is 11.5. The lowest BCUT2D eigenvalue weighted by molar-refractivity contribution is -0.116. The van der Waals surface area contributed by atoms with E-state index < -0.39 is 11.9 Å². The molecule has 0 unspecified atom stereocenters. The molecule has 2 N–H and O–H groups in total. The Balaban J connectivity index is 1.58. The van der Waals surface area contributed by atoms with Crippen LogP contribution in [0.15, 0.2) is 89.7 Å². The number of benzene rings is 3. The average molecular weight is 489 g/mol. The van der Waals surface area contributed by atoms with E-state index in [-0.39, 0.29) is 23.6 Å². The Morgan fingerprint density at radius 1 is 0.914 bits per heavy atom. The van der Waals surface area contributed by atoms with Crippen LogP contribution in [0.3, 0.4) is 0 Å². The highest BCUT2D eigenvalue weighted by atomic mass is 35.5. The lowest BCUT2D eigenvalue weighted by Crippen LogP contribution is -2.32. The van der Waals surface area contributed by atoms with Gasteiger partial charge in [0.15, 0.2) is 0 Å². The van der Waals surface area contributed by atoms with E-state index in [1.54, 1.807) is 42.9 Å². The van der Waals surface area contributed by atoms with Gasteiger partial charge in [0, 0.05) is 7.05 Å². The quantitative estimate of drug-likeness (QED) is 0.397. The Morgan fingerprint density at radius 3 is 2.17 bits per heavy atom. The van der Waals surface area contributed by atoms with E-state index >= 15 is 0 Å². The van der Waals surface area contributed by atoms with E-state index in [2.05, 4.69) is 10.6 Å². The Hall–Kier alpha value is -4.10. The molecule has 0 aliphatic rings. The third-order valence-electron chi connectivity index (χ3n) is 5.83. The van der Waals surface area contributed by atoms with Gasteiger partial charge in [0.2, 0.25) is 5.91 Å². The van der Waals surface area contributed by atoms with Gasteiger partial charge in [0.1, 0.15) is 5.69 Å². The monoisotopic (exact) mass is 488 g/mol. The molecule has 178 valence electrons. The van der Waals surface area contributed by atoms with Crippen molar-refractivity contribution < 1.29 is 9.59 Å². The van der Waals surface area contributed by atoms with Gasteiger partial charge in [-0.25, -0.2) is 4.68 Å². The minimum absolute atomic E-state index is 0.0701. The molecule has 1 atom stereocenters. The molecule has 3 aromatic carbocycles. The van der Waals surface area contributed by atoms with Crippen LogP contribution in [0.2, 0.25) is 5.02 Å². The van der Waals surface area contributed by atoms with Crippen LogP contribution in [0.1, 0.15) is 34.1 Å². The van der Waals surface area contributed by atoms with Crippen LogP contribution in [-0.2, 0) is 11.8 Å². The van der Waals surface area contributed by atoms with Crippen molar-refractivity contribution in [3.05, 3.63) is 117 Å². The van der Waals surface area contributed by atoms with E-state index in [1.165, 1.54) is 4.68 Å². The largest absolute Gasteiger partial charge is 0.345 e. The van der Waals surface area contributed by atoms with E-state index in [1.807, 2.05) is 60.7 Å². The fraction of sp³-hybridized carbons (Fsp3) is 0.148. The second-order valence-corrected chi connectivity index (χ2v) is 8.51. The fourth-order valence-corrected chi connectivity index (χ4v) is 4.13. The average Bonchev–Trinajstić information content (AvgIpc) is 3.07. The third-order valence-corrected chi connectivity index (χ3v) is 6.16. The standard InChI is InChI=1S/C27H25ClN4O3/c1-18-25(27(35)32(31(18)2)20-13-7-4-8-14-20)30-24(33)17-23(19-11-5-3-6-12-19)29-26(34)21-15-9-10-16-22(21)28/h3-16,23H,17H2,1-2H3,(H,29,34)(H,30,33)/t23-/m0/s1. The Bertz CT molecular complexity index is 1410. The predicted molar refractivity (Wildman–Crippen MR) is 137 cm³/mol. The van der Waals surface area contributed by atoms with Gasteiger partial charge in [0.25, 0.3) is 11.5 Å². The van der Waals surface area contributed by atoms with Crippen LogP contribution in [0.5, 0.6) is 0 Å². The van der Waals surface area contributed by atoms with E-state index in [9.17, 15) is 14.4 Å². The van der Waals surface area contributed by atoms with Crippen LogP contribution in [0.4, 0.5) is 5.69 Å². The maximum Gasteiger partial charge on any atom is 0.295 e. The summed E-state index contributed by atoms with van der Waals surface area (Å²) in [4.78, 5) is 39.2. The van der Waals surface area contributed by atoms with Gasteiger partial charge in [-0.15, -0.1) is 0 Å². The summed E-state index contributed by atoms with van der Waals surface area (Å²) >= 11 is 6.18. The molecule has 7 nitrogen and oxygen atoms in total. The van der Waals surface area contributed by atoms with Gasteiger partial charge in [-0.05, 0) is 36.8 Å². The minimum atomic E-state index is -0.625. The van der Waals surface area contributed by atoms with Crippen LogP contribution >= 0.6 is 11.6 Å². The first-order valence-electron chi connectivity index (χ1n) is 11.1. The molecular weight excluding hydrogens is 464 g/mol. The first kappa shape index (κ1) is 24.0. The Labute approximate surface area is 207 Å². The molecule has 0 spiro atoms. The maximum atomic E-state index is 13.1. The molecule has 2 amide bonds. The van der Waals surface area contributed by atoms with Crippen molar-refractivity contribution in [3.8, 4) is 5.69 Å². The van der Waals surface area contributed by atoms with Crippen molar-refractivity contribution in [2.75, 3.05) is 5.32 Å². The number of amides is 2. The molecule has 0 bridgehead atoms. The van der Waals surface area contributed by atoms with E-state index in [0.29, 0.717) is 22.0 Å². The van der Waals surface area contributed by atoms with Crippen molar-refractivity contribution >= 4 is 29.1 Å². The topological polar surface area (TPSA) is 85.1 Å². The van der Waals surface area contributed by atoms with E-state index in [4.69, 9.17) is 11.6 Å². The Kier molecular flexibility index (Phi) is 7.17. The number of nitrogens with one attached hydrogen (secondary N) is 2. The number of rotatable bonds is 7. The molecule has 0 saturated heterocycles. The highest BCUT2D eigenvalue weighted by Crippen LogP contribution is 2.22. The van der Waals surface area contributed by atoms with Crippen LogP contribution in [0, 0.1) is 6.92 Å². The van der Waals surface area contributed by atoms with Gasteiger partial charge < -0.3 is 10.6 Å². The third kappa shape index (κ3) is 5.20. The second kappa shape index (κ2) is 10.4. The highest BCUT2D eigenvalue weighted by Gasteiger charge is 2.23. The molecule has 0 aliphatic carbocycles. The summed E-state index contributed by atoms with van der Waals surface area (Å²) in [6.45, 7) is 1.77. The zero-order valence-corrected chi connectivity index (χ0v) is 20.1. The summed E-state index contributed by atoms with van der Waals surface area (Å²) in [5.41, 5.74) is 2.25. The molecule has 0 saturated carbocycles. The zero-order valence-electron chi connectivity index (χ0n) is 19.4. The number of halogens is 1. The molecule has 8 heteroatoms. The summed E-state index contributed by atoms with van der Waals surface area (Å²) < 4.78 is 3.19. The molecule has 35 heavy (non-hydrogen) atoms. The molecule has 0 aliphatic heterocycles. The van der Waals surface area contributed by atoms with Crippen molar-refractivity contribution in [3.63, 3.8) is 0 Å². The van der Waals surface area contributed by atoms with Crippen molar-refractivity contribution in [2.24, 2.45) is 7.05 Å². The normalized spacial score (nSPS) is 11.6. The second-order valence-electron chi connectivity index (χ2n) is 8.11. The summed E-state index contributed by atoms with van der Waals surface area (Å²) in [6.07, 6.45) is -0.0701. The summed E-state index contributed by atoms with van der Waals surface area (Å²) in [5.74, 6) is -0.788. The number of hydrogen-bond acceptors (Lipinski definition) is 3. The lowest BCUT2D eigenvalue weighted by atomic mass is 10.0. The maximum absolute atomic E-state index is 13.1. The number of carbonyl (C=O) groups excluding carboxylic acids is 2. The molecule has 1 aromatic heterocycles. The van der Waals surface area contributed by atoms with Gasteiger partial charge >= 0.3 is 0 Å². The summed E-state index contributed by atoms with van der Waals surface area (Å²) in [7, 11) is 1.76. The number of aromatic nitrogens is 2. The number of para-hydroxylation sites is 1. The van der Waals surface area contributed by atoms with E-state index in [0.717, 1.165) is 5.56 Å². The predicted octanol–water partition coefficient (Wildman–Crippen LogP) is 4.64. The number of carbonyl (C=O) groups is 2. The first-order chi connectivity index (χ1) is 16.9. The smallest absolute Gasteiger partial charge is 0.295 e. The van der Waals surface area contributed by atoms with Crippen LogP contribution < -0.4 is 16.2 Å². The molecule has 4 aromatic rings. The SMILES string of the molecule is Cc1c(NC(=O)C[C@H](NC(=O)c2ccccc2Cl)c2ccccc2)c(=O)n(-c2ccccc2)n1C. The van der Waals surface area contributed by atoms with Gasteiger partial charge in [0.05, 0.1) is 34.4 Å². The molecule has 0 radical (unpaired) electrons. The molecular formula is C27H25ClN4O3. The zero-order chi connectivity index (χ0) is 24.9. The van der Waals surface area contributed by atoms with Crippen LogP contribution in [0.25, 0.3) is 5.69 Å². The fourth-order valence-electron chi connectivity index (χ4n) is 3.91. The number of hydrogen-bond donors (Lipinski definition) is 2. The van der Waals surface area contributed by atoms with Crippen molar-refractivity contribution in [2.45, 2.75) is 19.4 Å². The van der Waals surface area contributed by atoms with Crippen LogP contribution in [-0.4, -0.2) is 21.2 Å². The summed E-state index contributed by atoms with van der Waals surface area (Å²) in [5, 5.41) is 5.99.